The van der Waals surface area contributed by atoms with Crippen molar-refractivity contribution in [2.24, 2.45) is 0 Å². The van der Waals surface area contributed by atoms with Gasteiger partial charge >= 0.3 is 6.03 Å². The van der Waals surface area contributed by atoms with E-state index >= 15 is 0 Å². The predicted molar refractivity (Wildman–Crippen MR) is 85.1 cm³/mol. The second-order valence-electron chi connectivity index (χ2n) is 4.71. The highest BCUT2D eigenvalue weighted by atomic mass is 35.5. The van der Waals surface area contributed by atoms with Gasteiger partial charge in [0, 0.05) is 18.7 Å². The lowest BCUT2D eigenvalue weighted by Gasteiger charge is -2.09. The summed E-state index contributed by atoms with van der Waals surface area (Å²) in [6.07, 6.45) is 0. The highest BCUT2D eigenvalue weighted by molar-refractivity contribution is 6.33. The predicted octanol–water partition coefficient (Wildman–Crippen LogP) is 3.88. The molecule has 0 saturated heterocycles. The number of urea groups is 1. The number of amides is 2. The van der Waals surface area contributed by atoms with Crippen LogP contribution >= 0.6 is 11.6 Å². The van der Waals surface area contributed by atoms with Crippen LogP contribution in [0.1, 0.15) is 11.1 Å². The van der Waals surface area contributed by atoms with Crippen LogP contribution < -0.4 is 10.6 Å². The fourth-order valence-corrected chi connectivity index (χ4v) is 1.94. The Bertz CT molecular complexity index is 702. The van der Waals surface area contributed by atoms with Crippen molar-refractivity contribution in [2.75, 3.05) is 5.32 Å². The van der Waals surface area contributed by atoms with Crippen LogP contribution in [-0.2, 0) is 6.54 Å². The summed E-state index contributed by atoms with van der Waals surface area (Å²) in [4.78, 5) is 22.0. The van der Waals surface area contributed by atoms with Gasteiger partial charge in [-0.05, 0) is 18.6 Å². The van der Waals surface area contributed by atoms with E-state index in [2.05, 4.69) is 10.6 Å². The lowest BCUT2D eigenvalue weighted by atomic mass is 10.1. The molecule has 2 N–H and O–H groups in total. The largest absolute Gasteiger partial charge is 0.334 e. The second kappa shape index (κ2) is 6.91. The average Bonchev–Trinajstić information content (AvgIpc) is 2.48. The summed E-state index contributed by atoms with van der Waals surface area (Å²) >= 11 is 5.91. The molecule has 22 heavy (non-hydrogen) atoms. The molecular weight excluding hydrogens is 306 g/mol. The number of hydrogen-bond acceptors (Lipinski definition) is 3. The molecule has 0 aliphatic rings. The van der Waals surface area contributed by atoms with Crippen molar-refractivity contribution in [1.82, 2.24) is 5.32 Å². The standard InChI is InChI=1S/C15H14ClN3O3/c1-10-2-4-11(5-3-10)9-17-15(20)18-14-8-12(19(21)22)6-7-13(14)16/h2-8H,9H2,1H3,(H2,17,18,20). The first-order valence-corrected chi connectivity index (χ1v) is 6.88. The number of aryl methyl sites for hydroxylation is 1. The van der Waals surface area contributed by atoms with Gasteiger partial charge in [0.05, 0.1) is 15.6 Å². The number of carbonyl (C=O) groups excluding carboxylic acids is 1. The van der Waals surface area contributed by atoms with E-state index < -0.39 is 11.0 Å². The lowest BCUT2D eigenvalue weighted by Crippen LogP contribution is -2.28. The molecule has 6 nitrogen and oxygen atoms in total. The first-order chi connectivity index (χ1) is 10.5. The molecule has 0 heterocycles. The maximum atomic E-state index is 11.8. The van der Waals surface area contributed by atoms with Crippen molar-refractivity contribution in [3.05, 3.63) is 68.7 Å². The fraction of sp³-hybridized carbons (Fsp3) is 0.133. The molecule has 0 radical (unpaired) electrons. The SMILES string of the molecule is Cc1ccc(CNC(=O)Nc2cc([N+](=O)[O-])ccc2Cl)cc1. The quantitative estimate of drug-likeness (QED) is 0.662. The Morgan fingerprint density at radius 1 is 1.23 bits per heavy atom. The third-order valence-electron chi connectivity index (χ3n) is 2.98. The third-order valence-corrected chi connectivity index (χ3v) is 3.31. The zero-order valence-corrected chi connectivity index (χ0v) is 12.6. The molecule has 0 aliphatic heterocycles. The van der Waals surface area contributed by atoms with Gasteiger partial charge in [0.25, 0.3) is 5.69 Å². The van der Waals surface area contributed by atoms with Crippen LogP contribution in [0.3, 0.4) is 0 Å². The van der Waals surface area contributed by atoms with Gasteiger partial charge in [-0.25, -0.2) is 4.79 Å². The number of halogens is 1. The Morgan fingerprint density at radius 3 is 2.55 bits per heavy atom. The maximum Gasteiger partial charge on any atom is 0.319 e. The highest BCUT2D eigenvalue weighted by Crippen LogP contribution is 2.26. The van der Waals surface area contributed by atoms with Crippen LogP contribution in [0.5, 0.6) is 0 Å². The van der Waals surface area contributed by atoms with Gasteiger partial charge < -0.3 is 10.6 Å². The Hall–Kier alpha value is -2.60. The molecule has 114 valence electrons. The minimum Gasteiger partial charge on any atom is -0.334 e. The van der Waals surface area contributed by atoms with E-state index in [1.807, 2.05) is 31.2 Å². The number of nitrogens with zero attached hydrogens (tertiary/aromatic N) is 1. The van der Waals surface area contributed by atoms with Gasteiger partial charge in [0.1, 0.15) is 0 Å². The molecular formula is C15H14ClN3O3. The zero-order valence-electron chi connectivity index (χ0n) is 11.8. The van der Waals surface area contributed by atoms with Gasteiger partial charge in [-0.15, -0.1) is 0 Å². The topological polar surface area (TPSA) is 84.3 Å². The van der Waals surface area contributed by atoms with Crippen LogP contribution in [0.15, 0.2) is 42.5 Å². The molecule has 0 aromatic heterocycles. The van der Waals surface area contributed by atoms with E-state index in [1.54, 1.807) is 0 Å². The van der Waals surface area contributed by atoms with Crippen molar-refractivity contribution in [2.45, 2.75) is 13.5 Å². The molecule has 0 saturated carbocycles. The van der Waals surface area contributed by atoms with E-state index in [0.717, 1.165) is 11.1 Å². The van der Waals surface area contributed by atoms with Crippen LogP contribution in [0.4, 0.5) is 16.2 Å². The lowest BCUT2D eigenvalue weighted by molar-refractivity contribution is -0.384. The second-order valence-corrected chi connectivity index (χ2v) is 5.12. The van der Waals surface area contributed by atoms with Crippen LogP contribution in [-0.4, -0.2) is 11.0 Å². The number of carbonyl (C=O) groups is 1. The molecule has 0 spiro atoms. The number of nitro benzene ring substituents is 1. The molecule has 2 rings (SSSR count). The average molecular weight is 320 g/mol. The van der Waals surface area contributed by atoms with Gasteiger partial charge in [0.2, 0.25) is 0 Å². The summed E-state index contributed by atoms with van der Waals surface area (Å²) in [7, 11) is 0. The summed E-state index contributed by atoms with van der Waals surface area (Å²) in [5.74, 6) is 0. The van der Waals surface area contributed by atoms with Crippen molar-refractivity contribution in [1.29, 1.82) is 0 Å². The van der Waals surface area contributed by atoms with Crippen molar-refractivity contribution < 1.29 is 9.72 Å². The zero-order chi connectivity index (χ0) is 16.1. The first-order valence-electron chi connectivity index (χ1n) is 6.50. The summed E-state index contributed by atoms with van der Waals surface area (Å²) in [5, 5.41) is 16.1. The Balaban J connectivity index is 1.98. The van der Waals surface area contributed by atoms with Gasteiger partial charge in [0.15, 0.2) is 0 Å². The minimum absolute atomic E-state index is 0.141. The van der Waals surface area contributed by atoms with E-state index in [1.165, 1.54) is 18.2 Å². The Labute approximate surface area is 132 Å². The number of anilines is 1. The molecule has 0 fully saturated rings. The Morgan fingerprint density at radius 2 is 1.91 bits per heavy atom. The van der Waals surface area contributed by atoms with Gasteiger partial charge in [-0.3, -0.25) is 10.1 Å². The number of hydrogen-bond donors (Lipinski definition) is 2. The normalized spacial score (nSPS) is 10.1. The molecule has 2 amide bonds. The molecule has 7 heteroatoms. The minimum atomic E-state index is -0.550. The Kier molecular flexibility index (Phi) is 4.95. The van der Waals surface area contributed by atoms with E-state index in [4.69, 9.17) is 11.6 Å². The molecule has 0 atom stereocenters. The van der Waals surface area contributed by atoms with E-state index in [9.17, 15) is 14.9 Å². The number of nitrogens with one attached hydrogen (secondary N) is 2. The molecule has 2 aromatic rings. The van der Waals surface area contributed by atoms with Crippen molar-refractivity contribution in [3.8, 4) is 0 Å². The van der Waals surface area contributed by atoms with Gasteiger partial charge in [-0.1, -0.05) is 41.4 Å². The highest BCUT2D eigenvalue weighted by Gasteiger charge is 2.11. The fourth-order valence-electron chi connectivity index (χ4n) is 1.78. The number of nitro groups is 1. The third kappa shape index (κ3) is 4.20. The summed E-state index contributed by atoms with van der Waals surface area (Å²) in [6.45, 7) is 2.33. The van der Waals surface area contributed by atoms with Crippen LogP contribution in [0.2, 0.25) is 5.02 Å². The molecule has 2 aromatic carbocycles. The van der Waals surface area contributed by atoms with Crippen molar-refractivity contribution in [3.63, 3.8) is 0 Å². The van der Waals surface area contributed by atoms with Gasteiger partial charge in [-0.2, -0.15) is 0 Å². The summed E-state index contributed by atoms with van der Waals surface area (Å²) in [5.41, 5.74) is 2.14. The van der Waals surface area contributed by atoms with E-state index in [0.29, 0.717) is 6.54 Å². The molecule has 0 unspecified atom stereocenters. The monoisotopic (exact) mass is 319 g/mol. The summed E-state index contributed by atoms with van der Waals surface area (Å²) < 4.78 is 0. The number of rotatable bonds is 4. The molecule has 0 aliphatic carbocycles. The molecule has 0 bridgehead atoms. The van der Waals surface area contributed by atoms with E-state index in [-0.39, 0.29) is 16.4 Å². The van der Waals surface area contributed by atoms with Crippen LogP contribution in [0, 0.1) is 17.0 Å². The number of benzene rings is 2. The smallest absolute Gasteiger partial charge is 0.319 e. The first kappa shape index (κ1) is 15.8. The van der Waals surface area contributed by atoms with Crippen molar-refractivity contribution >= 4 is 29.0 Å². The van der Waals surface area contributed by atoms with Crippen LogP contribution in [0.25, 0.3) is 0 Å². The maximum absolute atomic E-state index is 11.8. The number of non-ortho nitro benzene ring substituents is 1. The summed E-state index contributed by atoms with van der Waals surface area (Å²) in [6, 6.07) is 11.1.